The molecular weight excluding hydrogens is 364 g/mol. The molecule has 0 aromatic heterocycles. The minimum atomic E-state index is -0.133. The molecule has 4 rings (SSSR count). The number of fused-ring (bicyclic) bond motifs is 1. The molecule has 29 heavy (non-hydrogen) atoms. The molecule has 1 amide bonds. The van der Waals surface area contributed by atoms with E-state index in [4.69, 9.17) is 9.47 Å². The molecule has 0 spiro atoms. The van der Waals surface area contributed by atoms with Crippen molar-refractivity contribution >= 4 is 16.7 Å². The summed E-state index contributed by atoms with van der Waals surface area (Å²) < 4.78 is 10.9. The third-order valence-electron chi connectivity index (χ3n) is 5.27. The van der Waals surface area contributed by atoms with E-state index in [0.717, 1.165) is 49.2 Å². The van der Waals surface area contributed by atoms with E-state index in [-0.39, 0.29) is 5.91 Å². The average molecular weight is 390 g/mol. The molecule has 1 aliphatic rings. The second-order valence-corrected chi connectivity index (χ2v) is 7.29. The Morgan fingerprint density at radius 3 is 2.48 bits per heavy atom. The molecule has 0 atom stereocenters. The van der Waals surface area contributed by atoms with Crippen LogP contribution in [-0.2, 0) is 17.8 Å². The zero-order valence-corrected chi connectivity index (χ0v) is 16.7. The van der Waals surface area contributed by atoms with Crippen LogP contribution in [0.3, 0.4) is 0 Å². The van der Waals surface area contributed by atoms with Gasteiger partial charge in [-0.15, -0.1) is 0 Å². The Morgan fingerprint density at radius 1 is 1.00 bits per heavy atom. The minimum Gasteiger partial charge on any atom is -0.496 e. The van der Waals surface area contributed by atoms with Gasteiger partial charge in [0.15, 0.2) is 0 Å². The SMILES string of the molecule is COc1cc2ccccc2cc1C(=O)NCc1cccc(CN2CCOCC2)c1. The maximum atomic E-state index is 12.8. The first kappa shape index (κ1) is 19.4. The number of rotatable bonds is 6. The molecule has 1 heterocycles. The average Bonchev–Trinajstić information content (AvgIpc) is 2.77. The van der Waals surface area contributed by atoms with Gasteiger partial charge in [-0.3, -0.25) is 9.69 Å². The molecule has 3 aromatic rings. The van der Waals surface area contributed by atoms with E-state index in [1.807, 2.05) is 48.5 Å². The highest BCUT2D eigenvalue weighted by atomic mass is 16.5. The molecular formula is C24H26N2O3. The van der Waals surface area contributed by atoms with Gasteiger partial charge in [-0.1, -0.05) is 48.5 Å². The molecule has 0 radical (unpaired) electrons. The molecule has 5 heteroatoms. The number of benzene rings is 3. The Labute approximate surface area is 171 Å². The van der Waals surface area contributed by atoms with Crippen molar-refractivity contribution in [1.82, 2.24) is 10.2 Å². The van der Waals surface area contributed by atoms with Gasteiger partial charge in [-0.05, 0) is 34.0 Å². The van der Waals surface area contributed by atoms with E-state index in [2.05, 4.69) is 22.3 Å². The van der Waals surface area contributed by atoms with E-state index in [0.29, 0.717) is 17.9 Å². The van der Waals surface area contributed by atoms with Crippen LogP contribution in [0, 0.1) is 0 Å². The molecule has 1 fully saturated rings. The van der Waals surface area contributed by atoms with Gasteiger partial charge in [0, 0.05) is 26.2 Å². The number of morpholine rings is 1. The van der Waals surface area contributed by atoms with Gasteiger partial charge >= 0.3 is 0 Å². The highest BCUT2D eigenvalue weighted by molar-refractivity contribution is 6.01. The topological polar surface area (TPSA) is 50.8 Å². The number of hydrogen-bond donors (Lipinski definition) is 1. The number of ether oxygens (including phenoxy) is 2. The van der Waals surface area contributed by atoms with Gasteiger partial charge in [-0.25, -0.2) is 0 Å². The summed E-state index contributed by atoms with van der Waals surface area (Å²) in [6.45, 7) is 4.90. The van der Waals surface area contributed by atoms with Crippen LogP contribution in [0.2, 0.25) is 0 Å². The lowest BCUT2D eigenvalue weighted by atomic mass is 10.0. The van der Waals surface area contributed by atoms with E-state index >= 15 is 0 Å². The molecule has 1 saturated heterocycles. The van der Waals surface area contributed by atoms with Crippen molar-refractivity contribution in [3.8, 4) is 5.75 Å². The van der Waals surface area contributed by atoms with Gasteiger partial charge in [0.25, 0.3) is 5.91 Å². The third-order valence-corrected chi connectivity index (χ3v) is 5.27. The maximum Gasteiger partial charge on any atom is 0.255 e. The lowest BCUT2D eigenvalue weighted by Gasteiger charge is -2.26. The van der Waals surface area contributed by atoms with Gasteiger partial charge < -0.3 is 14.8 Å². The summed E-state index contributed by atoms with van der Waals surface area (Å²) in [5.74, 6) is 0.452. The quantitative estimate of drug-likeness (QED) is 0.699. The summed E-state index contributed by atoms with van der Waals surface area (Å²) in [7, 11) is 1.59. The highest BCUT2D eigenvalue weighted by Gasteiger charge is 2.14. The van der Waals surface area contributed by atoms with Crippen molar-refractivity contribution in [3.63, 3.8) is 0 Å². The highest BCUT2D eigenvalue weighted by Crippen LogP contribution is 2.26. The molecule has 150 valence electrons. The maximum absolute atomic E-state index is 12.8. The Balaban J connectivity index is 1.44. The van der Waals surface area contributed by atoms with Crippen LogP contribution in [0.4, 0.5) is 0 Å². The predicted molar refractivity (Wildman–Crippen MR) is 114 cm³/mol. The normalized spacial score (nSPS) is 14.7. The van der Waals surface area contributed by atoms with Crippen LogP contribution in [0.5, 0.6) is 5.75 Å². The van der Waals surface area contributed by atoms with Gasteiger partial charge in [0.1, 0.15) is 5.75 Å². The second kappa shape index (κ2) is 9.07. The third kappa shape index (κ3) is 4.75. The van der Waals surface area contributed by atoms with Crippen LogP contribution >= 0.6 is 0 Å². The van der Waals surface area contributed by atoms with Crippen LogP contribution in [0.25, 0.3) is 10.8 Å². The standard InChI is InChI=1S/C24H26N2O3/c1-28-23-15-21-8-3-2-7-20(21)14-22(23)24(27)25-16-18-5-4-6-19(13-18)17-26-9-11-29-12-10-26/h2-8,13-15H,9-12,16-17H2,1H3,(H,25,27). The number of amides is 1. The van der Waals surface area contributed by atoms with Crippen molar-refractivity contribution < 1.29 is 14.3 Å². The Morgan fingerprint density at radius 2 is 1.72 bits per heavy atom. The number of methoxy groups -OCH3 is 1. The van der Waals surface area contributed by atoms with Crippen molar-refractivity contribution in [2.45, 2.75) is 13.1 Å². The first-order valence-electron chi connectivity index (χ1n) is 9.96. The fourth-order valence-corrected chi connectivity index (χ4v) is 3.70. The predicted octanol–water partition coefficient (Wildman–Crippen LogP) is 3.61. The summed E-state index contributed by atoms with van der Waals surface area (Å²) in [4.78, 5) is 15.2. The largest absolute Gasteiger partial charge is 0.496 e. The van der Waals surface area contributed by atoms with E-state index < -0.39 is 0 Å². The van der Waals surface area contributed by atoms with Gasteiger partial charge in [-0.2, -0.15) is 0 Å². The van der Waals surface area contributed by atoms with Crippen molar-refractivity contribution in [3.05, 3.63) is 77.4 Å². The Hall–Kier alpha value is -2.89. The summed E-state index contributed by atoms with van der Waals surface area (Å²) in [5, 5.41) is 5.10. The summed E-state index contributed by atoms with van der Waals surface area (Å²) in [6, 6.07) is 20.1. The van der Waals surface area contributed by atoms with Crippen molar-refractivity contribution in [2.75, 3.05) is 33.4 Å². The summed E-state index contributed by atoms with van der Waals surface area (Å²) in [5.41, 5.74) is 2.89. The number of nitrogens with one attached hydrogen (secondary N) is 1. The molecule has 5 nitrogen and oxygen atoms in total. The summed E-state index contributed by atoms with van der Waals surface area (Å²) in [6.07, 6.45) is 0. The number of carbonyl (C=O) groups is 1. The zero-order valence-electron chi connectivity index (χ0n) is 16.7. The fraction of sp³-hybridized carbons (Fsp3) is 0.292. The van der Waals surface area contributed by atoms with Crippen LogP contribution in [-0.4, -0.2) is 44.2 Å². The van der Waals surface area contributed by atoms with Crippen molar-refractivity contribution in [2.24, 2.45) is 0 Å². The molecule has 3 aromatic carbocycles. The van der Waals surface area contributed by atoms with Gasteiger partial charge in [0.05, 0.1) is 25.9 Å². The Kier molecular flexibility index (Phi) is 6.08. The van der Waals surface area contributed by atoms with Crippen LogP contribution < -0.4 is 10.1 Å². The Bertz CT molecular complexity index is 996. The lowest BCUT2D eigenvalue weighted by molar-refractivity contribution is 0.0342. The molecule has 1 N–H and O–H groups in total. The van der Waals surface area contributed by atoms with Crippen molar-refractivity contribution in [1.29, 1.82) is 0 Å². The smallest absolute Gasteiger partial charge is 0.255 e. The van der Waals surface area contributed by atoms with E-state index in [1.165, 1.54) is 5.56 Å². The first-order chi connectivity index (χ1) is 14.2. The number of nitrogens with zero attached hydrogens (tertiary/aromatic N) is 1. The van der Waals surface area contributed by atoms with Crippen LogP contribution in [0.15, 0.2) is 60.7 Å². The lowest BCUT2D eigenvalue weighted by Crippen LogP contribution is -2.35. The van der Waals surface area contributed by atoms with Gasteiger partial charge in [0.2, 0.25) is 0 Å². The summed E-state index contributed by atoms with van der Waals surface area (Å²) >= 11 is 0. The molecule has 0 aliphatic carbocycles. The minimum absolute atomic E-state index is 0.133. The molecule has 1 aliphatic heterocycles. The first-order valence-corrected chi connectivity index (χ1v) is 9.96. The second-order valence-electron chi connectivity index (χ2n) is 7.29. The zero-order chi connectivity index (χ0) is 20.1. The molecule has 0 unspecified atom stereocenters. The fourth-order valence-electron chi connectivity index (χ4n) is 3.70. The number of hydrogen-bond acceptors (Lipinski definition) is 4. The monoisotopic (exact) mass is 390 g/mol. The number of carbonyl (C=O) groups excluding carboxylic acids is 1. The van der Waals surface area contributed by atoms with Crippen LogP contribution in [0.1, 0.15) is 21.5 Å². The molecule has 0 saturated carbocycles. The molecule has 0 bridgehead atoms. The van der Waals surface area contributed by atoms with E-state index in [9.17, 15) is 4.79 Å². The van der Waals surface area contributed by atoms with E-state index in [1.54, 1.807) is 7.11 Å².